The number of methoxy groups -OCH3 is 1. The van der Waals surface area contributed by atoms with Crippen molar-refractivity contribution in [3.63, 3.8) is 0 Å². The molecule has 1 aromatic rings. The first-order chi connectivity index (χ1) is 16.2. The van der Waals surface area contributed by atoms with E-state index in [1.807, 2.05) is 0 Å². The van der Waals surface area contributed by atoms with Gasteiger partial charge in [0.2, 0.25) is 6.29 Å². The van der Waals surface area contributed by atoms with E-state index in [-0.39, 0.29) is 5.75 Å². The molecule has 0 bridgehead atoms. The van der Waals surface area contributed by atoms with Crippen LogP contribution in [0, 0.1) is 0 Å². The lowest BCUT2D eigenvalue weighted by molar-refractivity contribution is -0.323. The summed E-state index contributed by atoms with van der Waals surface area (Å²) in [5.41, 5.74) is 0.908. The molecule has 2 aliphatic rings. The van der Waals surface area contributed by atoms with Crippen LogP contribution in [0.3, 0.4) is 0 Å². The fourth-order valence-corrected chi connectivity index (χ4v) is 3.77. The number of ether oxygens (including phenoxy) is 5. The second-order valence-corrected chi connectivity index (χ2v) is 8.14. The van der Waals surface area contributed by atoms with Crippen LogP contribution in [0.1, 0.15) is 5.56 Å². The lowest BCUT2D eigenvalue weighted by atomic mass is 9.98. The summed E-state index contributed by atoms with van der Waals surface area (Å²) < 4.78 is 27.3. The fraction of sp³-hybridized carbons (Fsp3) is 0.636. The average molecular weight is 488 g/mol. The molecule has 12 nitrogen and oxygen atoms in total. The van der Waals surface area contributed by atoms with Crippen molar-refractivity contribution in [1.29, 1.82) is 0 Å². The largest absolute Gasteiger partial charge is 0.493 e. The summed E-state index contributed by atoms with van der Waals surface area (Å²) in [7, 11) is 1.44. The Kier molecular flexibility index (Phi) is 9.23. The lowest BCUT2D eigenvalue weighted by Crippen LogP contribution is -2.62. The minimum absolute atomic E-state index is 0.219. The summed E-state index contributed by atoms with van der Waals surface area (Å²) in [5, 5.41) is 70.1. The van der Waals surface area contributed by atoms with E-state index in [4.69, 9.17) is 23.7 Å². The number of benzene rings is 1. The van der Waals surface area contributed by atoms with E-state index in [1.54, 1.807) is 24.3 Å². The SMILES string of the molecule is C=CCc1ccc(O[C@@H]2O[C@H](CO[C@@H]3O[C@H](CO)[C@@H](O)[C@H](O)[C@H]3O)[C@@H](O)[C@H](O)[C@H]2O)c(OC)c1. The number of aliphatic hydroxyl groups is 7. The van der Waals surface area contributed by atoms with Crippen molar-refractivity contribution in [1.82, 2.24) is 0 Å². The molecule has 2 fully saturated rings. The van der Waals surface area contributed by atoms with E-state index < -0.39 is 74.6 Å². The first-order valence-corrected chi connectivity index (χ1v) is 10.8. The number of hydrogen-bond acceptors (Lipinski definition) is 12. The number of rotatable bonds is 9. The average Bonchev–Trinajstić information content (AvgIpc) is 2.84. The van der Waals surface area contributed by atoms with Crippen molar-refractivity contribution in [3.05, 3.63) is 36.4 Å². The molecule has 0 amide bonds. The highest BCUT2D eigenvalue weighted by molar-refractivity contribution is 5.43. The quantitative estimate of drug-likeness (QED) is 0.180. The summed E-state index contributed by atoms with van der Waals surface area (Å²) in [5.74, 6) is 0.571. The molecular weight excluding hydrogens is 456 g/mol. The molecule has 0 unspecified atom stereocenters. The van der Waals surface area contributed by atoms with E-state index in [0.29, 0.717) is 12.2 Å². The van der Waals surface area contributed by atoms with Crippen LogP contribution in [-0.2, 0) is 20.6 Å². The van der Waals surface area contributed by atoms with Gasteiger partial charge in [0.05, 0.1) is 20.3 Å². The lowest BCUT2D eigenvalue weighted by Gasteiger charge is -2.42. The molecule has 0 radical (unpaired) electrons. The van der Waals surface area contributed by atoms with E-state index >= 15 is 0 Å². The third-order valence-electron chi connectivity index (χ3n) is 5.79. The standard InChI is InChI=1S/C22H32O12/c1-3-4-10-5-6-11(12(7-10)30-2)32-22-20(29)18(27)16(25)14(34-22)9-31-21-19(28)17(26)15(24)13(8-23)33-21/h3,5-7,13-29H,1,4,8-9H2,2H3/t13-,14-,15-,16-,17+,18+,19-,20-,21-,22-/m1/s1. The van der Waals surface area contributed by atoms with Gasteiger partial charge in [-0.05, 0) is 24.1 Å². The minimum atomic E-state index is -1.66. The molecule has 2 saturated heterocycles. The molecule has 192 valence electrons. The summed E-state index contributed by atoms with van der Waals surface area (Å²) in [6.07, 6.45) is -12.7. The van der Waals surface area contributed by atoms with Gasteiger partial charge >= 0.3 is 0 Å². The van der Waals surface area contributed by atoms with E-state index in [0.717, 1.165) is 5.56 Å². The van der Waals surface area contributed by atoms with Gasteiger partial charge in [0.15, 0.2) is 17.8 Å². The molecule has 2 aliphatic heterocycles. The van der Waals surface area contributed by atoms with Crippen LogP contribution in [-0.4, -0.2) is 117 Å². The van der Waals surface area contributed by atoms with Crippen LogP contribution in [0.2, 0.25) is 0 Å². The second kappa shape index (κ2) is 11.7. The molecule has 3 rings (SSSR count). The molecule has 1 aromatic carbocycles. The molecule has 7 N–H and O–H groups in total. The van der Waals surface area contributed by atoms with Gasteiger partial charge in [-0.25, -0.2) is 0 Å². The smallest absolute Gasteiger partial charge is 0.229 e. The summed E-state index contributed by atoms with van der Waals surface area (Å²) >= 11 is 0. The maximum atomic E-state index is 10.4. The molecular formula is C22H32O12. The van der Waals surface area contributed by atoms with E-state index in [1.165, 1.54) is 7.11 Å². The Morgan fingerprint density at radius 1 is 0.853 bits per heavy atom. The molecule has 2 heterocycles. The Balaban J connectivity index is 1.68. The molecule has 10 atom stereocenters. The Hall–Kier alpha value is -1.84. The van der Waals surface area contributed by atoms with Gasteiger partial charge in [0.1, 0.15) is 48.8 Å². The van der Waals surface area contributed by atoms with Crippen molar-refractivity contribution in [2.45, 2.75) is 67.8 Å². The first kappa shape index (κ1) is 26.8. The molecule has 0 spiro atoms. The van der Waals surface area contributed by atoms with Crippen molar-refractivity contribution >= 4 is 0 Å². The Bertz CT molecular complexity index is 804. The molecule has 34 heavy (non-hydrogen) atoms. The van der Waals surface area contributed by atoms with Gasteiger partial charge in [-0.15, -0.1) is 6.58 Å². The summed E-state index contributed by atoms with van der Waals surface area (Å²) in [6, 6.07) is 5.08. The van der Waals surface area contributed by atoms with Crippen LogP contribution in [0.25, 0.3) is 0 Å². The Morgan fingerprint density at radius 2 is 1.47 bits per heavy atom. The van der Waals surface area contributed by atoms with Crippen molar-refractivity contribution in [2.24, 2.45) is 0 Å². The monoisotopic (exact) mass is 488 g/mol. The fourth-order valence-electron chi connectivity index (χ4n) is 3.77. The second-order valence-electron chi connectivity index (χ2n) is 8.14. The topological polar surface area (TPSA) is 188 Å². The zero-order chi connectivity index (χ0) is 25.0. The summed E-state index contributed by atoms with van der Waals surface area (Å²) in [4.78, 5) is 0. The van der Waals surface area contributed by atoms with Gasteiger partial charge in [-0.1, -0.05) is 12.1 Å². The van der Waals surface area contributed by atoms with Gasteiger partial charge < -0.3 is 59.4 Å². The molecule has 0 aromatic heterocycles. The highest BCUT2D eigenvalue weighted by Crippen LogP contribution is 2.32. The maximum Gasteiger partial charge on any atom is 0.229 e. The molecule has 12 heteroatoms. The third kappa shape index (κ3) is 5.69. The zero-order valence-corrected chi connectivity index (χ0v) is 18.6. The number of allylic oxidation sites excluding steroid dienone is 1. The highest BCUT2D eigenvalue weighted by Gasteiger charge is 2.48. The molecule has 0 saturated carbocycles. The van der Waals surface area contributed by atoms with Gasteiger partial charge in [-0.3, -0.25) is 0 Å². The zero-order valence-electron chi connectivity index (χ0n) is 18.6. The van der Waals surface area contributed by atoms with Crippen molar-refractivity contribution in [2.75, 3.05) is 20.3 Å². The minimum Gasteiger partial charge on any atom is -0.493 e. The normalized spacial score (nSPS) is 38.4. The Morgan fingerprint density at radius 3 is 2.09 bits per heavy atom. The predicted molar refractivity (Wildman–Crippen MR) is 114 cm³/mol. The van der Waals surface area contributed by atoms with Crippen LogP contribution < -0.4 is 9.47 Å². The highest BCUT2D eigenvalue weighted by atomic mass is 16.7. The van der Waals surface area contributed by atoms with E-state index in [9.17, 15) is 35.7 Å². The van der Waals surface area contributed by atoms with Gasteiger partial charge in [0.25, 0.3) is 0 Å². The summed E-state index contributed by atoms with van der Waals surface area (Å²) in [6.45, 7) is 2.59. The molecule has 0 aliphatic carbocycles. The van der Waals surface area contributed by atoms with Crippen LogP contribution >= 0.6 is 0 Å². The van der Waals surface area contributed by atoms with Gasteiger partial charge in [0, 0.05) is 0 Å². The Labute approximate surface area is 196 Å². The van der Waals surface area contributed by atoms with Crippen molar-refractivity contribution < 1.29 is 59.4 Å². The van der Waals surface area contributed by atoms with Crippen LogP contribution in [0.15, 0.2) is 30.9 Å². The third-order valence-corrected chi connectivity index (χ3v) is 5.79. The van der Waals surface area contributed by atoms with Crippen LogP contribution in [0.4, 0.5) is 0 Å². The number of aliphatic hydroxyl groups excluding tert-OH is 7. The van der Waals surface area contributed by atoms with Gasteiger partial charge in [-0.2, -0.15) is 0 Å². The van der Waals surface area contributed by atoms with Crippen LogP contribution in [0.5, 0.6) is 11.5 Å². The predicted octanol–water partition coefficient (Wildman–Crippen LogP) is -2.57. The first-order valence-electron chi connectivity index (χ1n) is 10.8. The van der Waals surface area contributed by atoms with Crippen molar-refractivity contribution in [3.8, 4) is 11.5 Å². The number of hydrogen-bond donors (Lipinski definition) is 7. The van der Waals surface area contributed by atoms with E-state index in [2.05, 4.69) is 6.58 Å². The maximum absolute atomic E-state index is 10.4.